The lowest BCUT2D eigenvalue weighted by Gasteiger charge is -2.07. The van der Waals surface area contributed by atoms with Crippen LogP contribution in [-0.4, -0.2) is 15.0 Å². The number of aromatic nitrogens is 3. The van der Waals surface area contributed by atoms with Crippen molar-refractivity contribution < 1.29 is 0 Å². The van der Waals surface area contributed by atoms with Gasteiger partial charge in [0.1, 0.15) is 5.69 Å². The molecular weight excluding hydrogens is 272 g/mol. The zero-order valence-corrected chi connectivity index (χ0v) is 11.8. The molecule has 4 rings (SSSR count). The Morgan fingerprint density at radius 2 is 1.50 bits per heavy atom. The van der Waals surface area contributed by atoms with Crippen LogP contribution in [-0.2, 0) is 0 Å². The van der Waals surface area contributed by atoms with Gasteiger partial charge in [0.05, 0.1) is 5.69 Å². The van der Waals surface area contributed by atoms with Gasteiger partial charge in [0.2, 0.25) is 0 Å². The van der Waals surface area contributed by atoms with Crippen molar-refractivity contribution >= 4 is 22.3 Å². The van der Waals surface area contributed by atoms with E-state index in [1.54, 1.807) is 12.4 Å². The first-order valence-electron chi connectivity index (χ1n) is 7.12. The van der Waals surface area contributed by atoms with Gasteiger partial charge in [-0.1, -0.05) is 36.4 Å². The molecule has 0 aliphatic heterocycles. The molecule has 0 bridgehead atoms. The highest BCUT2D eigenvalue weighted by atomic mass is 15.0. The Kier molecular flexibility index (Phi) is 3.05. The van der Waals surface area contributed by atoms with Gasteiger partial charge in [-0.2, -0.15) is 0 Å². The molecule has 2 N–H and O–H groups in total. The van der Waals surface area contributed by atoms with Gasteiger partial charge in [-0.3, -0.25) is 0 Å². The van der Waals surface area contributed by atoms with Crippen LogP contribution in [0, 0.1) is 0 Å². The predicted octanol–water partition coefficient (Wildman–Crippen LogP) is 4.37. The zero-order valence-electron chi connectivity index (χ0n) is 11.8. The maximum atomic E-state index is 4.36. The van der Waals surface area contributed by atoms with Crippen molar-refractivity contribution in [3.05, 3.63) is 73.1 Å². The number of hydrogen-bond acceptors (Lipinski definition) is 3. The van der Waals surface area contributed by atoms with Crippen LogP contribution < -0.4 is 5.32 Å². The number of hydrogen-bond donors (Lipinski definition) is 2. The van der Waals surface area contributed by atoms with E-state index in [0.29, 0.717) is 5.82 Å². The third-order valence-corrected chi connectivity index (χ3v) is 3.54. The van der Waals surface area contributed by atoms with Crippen LogP contribution in [0.5, 0.6) is 0 Å². The molecule has 2 aromatic heterocycles. The Labute approximate surface area is 127 Å². The van der Waals surface area contributed by atoms with Crippen molar-refractivity contribution in [2.24, 2.45) is 0 Å². The molecule has 0 saturated carbocycles. The van der Waals surface area contributed by atoms with Gasteiger partial charge < -0.3 is 10.3 Å². The summed E-state index contributed by atoms with van der Waals surface area (Å²) in [4.78, 5) is 12.1. The molecule has 0 atom stereocenters. The standard InChI is InChI=1S/C18H14N4/c1-2-7-13(8-3-1)21-16-14-9-4-5-10-15(14)22-17(16)18-19-11-6-12-20-18/h1-12,21-22H. The number of anilines is 2. The molecule has 0 aliphatic carbocycles. The fourth-order valence-corrected chi connectivity index (χ4v) is 2.53. The summed E-state index contributed by atoms with van der Waals surface area (Å²) in [6, 6.07) is 20.1. The van der Waals surface area contributed by atoms with Gasteiger partial charge >= 0.3 is 0 Å². The van der Waals surface area contributed by atoms with Crippen LogP contribution in [0.3, 0.4) is 0 Å². The molecule has 2 heterocycles. The van der Waals surface area contributed by atoms with E-state index < -0.39 is 0 Å². The average Bonchev–Trinajstić information content (AvgIpc) is 2.95. The molecule has 0 fully saturated rings. The maximum Gasteiger partial charge on any atom is 0.178 e. The normalized spacial score (nSPS) is 10.7. The second-order valence-corrected chi connectivity index (χ2v) is 4.98. The smallest absolute Gasteiger partial charge is 0.178 e. The molecule has 0 amide bonds. The summed E-state index contributed by atoms with van der Waals surface area (Å²) < 4.78 is 0. The van der Waals surface area contributed by atoms with Gasteiger partial charge in [-0.05, 0) is 24.3 Å². The van der Waals surface area contributed by atoms with E-state index >= 15 is 0 Å². The zero-order chi connectivity index (χ0) is 14.8. The first-order valence-corrected chi connectivity index (χ1v) is 7.12. The summed E-state index contributed by atoms with van der Waals surface area (Å²) in [5.74, 6) is 0.678. The Morgan fingerprint density at radius 1 is 0.773 bits per heavy atom. The van der Waals surface area contributed by atoms with E-state index in [1.807, 2.05) is 48.5 Å². The van der Waals surface area contributed by atoms with Gasteiger partial charge in [0.25, 0.3) is 0 Å². The third kappa shape index (κ3) is 2.20. The molecule has 4 nitrogen and oxygen atoms in total. The molecule has 2 aromatic carbocycles. The summed E-state index contributed by atoms with van der Waals surface area (Å²) in [5, 5.41) is 4.60. The van der Waals surface area contributed by atoms with Gasteiger partial charge in [-0.25, -0.2) is 9.97 Å². The Bertz CT molecular complexity index is 898. The van der Waals surface area contributed by atoms with Crippen molar-refractivity contribution in [2.45, 2.75) is 0 Å². The minimum absolute atomic E-state index is 0.678. The summed E-state index contributed by atoms with van der Waals surface area (Å²) in [5.41, 5.74) is 3.98. The molecule has 4 aromatic rings. The van der Waals surface area contributed by atoms with Crippen LogP contribution in [0.2, 0.25) is 0 Å². The molecule has 106 valence electrons. The number of fused-ring (bicyclic) bond motifs is 1. The number of benzene rings is 2. The molecule has 22 heavy (non-hydrogen) atoms. The molecule has 4 heteroatoms. The highest BCUT2D eigenvalue weighted by molar-refractivity contribution is 6.01. The van der Waals surface area contributed by atoms with Crippen molar-refractivity contribution in [1.29, 1.82) is 0 Å². The second kappa shape index (κ2) is 5.33. The molecule has 0 unspecified atom stereocenters. The van der Waals surface area contributed by atoms with E-state index in [2.05, 4.69) is 32.4 Å². The molecule has 0 aliphatic rings. The lowest BCUT2D eigenvalue weighted by Crippen LogP contribution is -1.94. The number of H-pyrrole nitrogens is 1. The van der Waals surface area contributed by atoms with Crippen LogP contribution in [0.15, 0.2) is 73.1 Å². The minimum atomic E-state index is 0.678. The molecule has 0 spiro atoms. The van der Waals surface area contributed by atoms with E-state index in [-0.39, 0.29) is 0 Å². The number of nitrogens with one attached hydrogen (secondary N) is 2. The topological polar surface area (TPSA) is 53.6 Å². The SMILES string of the molecule is c1ccc(Nc2c(-c3ncccn3)[nH]c3ccccc23)cc1. The third-order valence-electron chi connectivity index (χ3n) is 3.54. The fraction of sp³-hybridized carbons (Fsp3) is 0. The number of rotatable bonds is 3. The first kappa shape index (κ1) is 12.6. The minimum Gasteiger partial charge on any atom is -0.353 e. The molecular formula is C18H14N4. The number of aromatic amines is 1. The van der Waals surface area contributed by atoms with Gasteiger partial charge in [0, 0.05) is 29.0 Å². The number of para-hydroxylation sites is 2. The predicted molar refractivity (Wildman–Crippen MR) is 89.0 cm³/mol. The first-order chi connectivity index (χ1) is 10.9. The largest absolute Gasteiger partial charge is 0.353 e. The average molecular weight is 286 g/mol. The van der Waals surface area contributed by atoms with E-state index in [1.165, 1.54) is 0 Å². The van der Waals surface area contributed by atoms with Crippen LogP contribution in [0.25, 0.3) is 22.4 Å². The van der Waals surface area contributed by atoms with E-state index in [9.17, 15) is 0 Å². The van der Waals surface area contributed by atoms with Crippen molar-refractivity contribution in [2.75, 3.05) is 5.32 Å². The fourth-order valence-electron chi connectivity index (χ4n) is 2.53. The monoisotopic (exact) mass is 286 g/mol. The quantitative estimate of drug-likeness (QED) is 0.588. The number of nitrogens with zero attached hydrogens (tertiary/aromatic N) is 2. The second-order valence-electron chi connectivity index (χ2n) is 4.98. The summed E-state index contributed by atoms with van der Waals surface area (Å²) in [6.07, 6.45) is 3.50. The van der Waals surface area contributed by atoms with Crippen molar-refractivity contribution in [1.82, 2.24) is 15.0 Å². The van der Waals surface area contributed by atoms with Crippen molar-refractivity contribution in [3.8, 4) is 11.5 Å². The Balaban J connectivity index is 1.91. The Hall–Kier alpha value is -3.14. The lowest BCUT2D eigenvalue weighted by molar-refractivity contribution is 1.16. The lowest BCUT2D eigenvalue weighted by atomic mass is 10.2. The van der Waals surface area contributed by atoms with Gasteiger partial charge in [0.15, 0.2) is 5.82 Å². The summed E-state index contributed by atoms with van der Waals surface area (Å²) >= 11 is 0. The highest BCUT2D eigenvalue weighted by Crippen LogP contribution is 2.35. The van der Waals surface area contributed by atoms with Crippen LogP contribution >= 0.6 is 0 Å². The molecule has 0 saturated heterocycles. The molecule has 0 radical (unpaired) electrons. The van der Waals surface area contributed by atoms with Gasteiger partial charge in [-0.15, -0.1) is 0 Å². The van der Waals surface area contributed by atoms with Crippen molar-refractivity contribution in [3.63, 3.8) is 0 Å². The summed E-state index contributed by atoms with van der Waals surface area (Å²) in [6.45, 7) is 0. The van der Waals surface area contributed by atoms with E-state index in [4.69, 9.17) is 0 Å². The summed E-state index contributed by atoms with van der Waals surface area (Å²) in [7, 11) is 0. The Morgan fingerprint density at radius 3 is 2.32 bits per heavy atom. The van der Waals surface area contributed by atoms with Crippen LogP contribution in [0.4, 0.5) is 11.4 Å². The maximum absolute atomic E-state index is 4.36. The highest BCUT2D eigenvalue weighted by Gasteiger charge is 2.14. The van der Waals surface area contributed by atoms with E-state index in [0.717, 1.165) is 28.0 Å². The van der Waals surface area contributed by atoms with Crippen LogP contribution in [0.1, 0.15) is 0 Å².